The van der Waals surface area contributed by atoms with Crippen LogP contribution in [0.2, 0.25) is 0 Å². The zero-order valence-electron chi connectivity index (χ0n) is 11.7. The van der Waals surface area contributed by atoms with Gasteiger partial charge in [0.25, 0.3) is 0 Å². The van der Waals surface area contributed by atoms with E-state index < -0.39 is 0 Å². The Morgan fingerprint density at radius 2 is 1.95 bits per heavy atom. The molecule has 114 valence electrons. The predicted octanol–water partition coefficient (Wildman–Crippen LogP) is 3.63. The van der Waals surface area contributed by atoms with Gasteiger partial charge in [0.05, 0.1) is 8.95 Å². The van der Waals surface area contributed by atoms with Crippen LogP contribution in [0.25, 0.3) is 0 Å². The molecule has 1 aromatic heterocycles. The van der Waals surface area contributed by atoms with Crippen LogP contribution < -0.4 is 10.5 Å². The van der Waals surface area contributed by atoms with Crippen LogP contribution >= 0.6 is 31.9 Å². The lowest BCUT2D eigenvalue weighted by molar-refractivity contribution is 0.281. The lowest BCUT2D eigenvalue weighted by Crippen LogP contribution is -2.04. The van der Waals surface area contributed by atoms with Crippen LogP contribution in [0.4, 0.5) is 0 Å². The number of aromatic nitrogens is 2. The van der Waals surface area contributed by atoms with Crippen molar-refractivity contribution in [2.24, 2.45) is 5.73 Å². The minimum Gasteiger partial charge on any atom is -0.483 e. The summed E-state index contributed by atoms with van der Waals surface area (Å²) in [5.41, 5.74) is 6.72. The van der Waals surface area contributed by atoms with Gasteiger partial charge >= 0.3 is 0 Å². The molecule has 0 amide bonds. The highest BCUT2D eigenvalue weighted by Gasteiger charge is 2.11. The lowest BCUT2D eigenvalue weighted by atomic mass is 10.1. The summed E-state index contributed by atoms with van der Waals surface area (Å²) in [7, 11) is 0. The number of halogens is 2. The van der Waals surface area contributed by atoms with Crippen molar-refractivity contribution in [3.05, 3.63) is 38.4 Å². The first-order valence-electron chi connectivity index (χ1n) is 6.76. The molecule has 0 atom stereocenters. The smallest absolute Gasteiger partial charge is 0.226 e. The van der Waals surface area contributed by atoms with Crippen LogP contribution in [-0.4, -0.2) is 16.7 Å². The Labute approximate surface area is 140 Å². The number of hydrogen-bond donors (Lipinski definition) is 1. The Morgan fingerprint density at radius 3 is 2.57 bits per heavy atom. The zero-order chi connectivity index (χ0) is 15.2. The van der Waals surface area contributed by atoms with Gasteiger partial charge in [-0.15, -0.1) is 0 Å². The Morgan fingerprint density at radius 1 is 1.24 bits per heavy atom. The van der Waals surface area contributed by atoms with E-state index in [1.165, 1.54) is 0 Å². The van der Waals surface area contributed by atoms with Gasteiger partial charge in [-0.25, -0.2) is 0 Å². The van der Waals surface area contributed by atoms with Crippen LogP contribution in [0.1, 0.15) is 30.6 Å². The van der Waals surface area contributed by atoms with E-state index in [0.717, 1.165) is 39.5 Å². The van der Waals surface area contributed by atoms with Crippen molar-refractivity contribution in [1.29, 1.82) is 0 Å². The van der Waals surface area contributed by atoms with Crippen molar-refractivity contribution in [1.82, 2.24) is 10.1 Å². The number of aryl methyl sites for hydroxylation is 1. The minimum absolute atomic E-state index is 0.265. The normalized spacial score (nSPS) is 10.9. The average Bonchev–Trinajstić information content (AvgIpc) is 2.86. The summed E-state index contributed by atoms with van der Waals surface area (Å²) in [6, 6.07) is 4.01. The van der Waals surface area contributed by atoms with Crippen molar-refractivity contribution < 1.29 is 9.26 Å². The molecule has 2 N–H and O–H groups in total. The van der Waals surface area contributed by atoms with Gasteiger partial charge in [-0.2, -0.15) is 4.98 Å². The van der Waals surface area contributed by atoms with Gasteiger partial charge in [0, 0.05) is 6.42 Å². The summed E-state index contributed by atoms with van der Waals surface area (Å²) >= 11 is 7.02. The van der Waals surface area contributed by atoms with E-state index in [2.05, 4.69) is 48.9 Å². The third kappa shape index (κ3) is 4.52. The summed E-state index contributed by atoms with van der Waals surface area (Å²) in [6.07, 6.45) is 2.58. The summed E-state index contributed by atoms with van der Waals surface area (Å²) in [4.78, 5) is 4.27. The molecule has 0 aliphatic heterocycles. The Balaban J connectivity index is 2.05. The van der Waals surface area contributed by atoms with Crippen LogP contribution in [0.3, 0.4) is 0 Å². The number of hydrogen-bond acceptors (Lipinski definition) is 5. The largest absolute Gasteiger partial charge is 0.483 e. The third-order valence-electron chi connectivity index (χ3n) is 2.81. The Kier molecular flexibility index (Phi) is 6.20. The average molecular weight is 419 g/mol. The second-order valence-corrected chi connectivity index (χ2v) is 6.28. The first kappa shape index (κ1) is 16.5. The maximum absolute atomic E-state index is 5.77. The second kappa shape index (κ2) is 7.91. The lowest BCUT2D eigenvalue weighted by Gasteiger charge is -2.10. The quantitative estimate of drug-likeness (QED) is 0.742. The van der Waals surface area contributed by atoms with Crippen LogP contribution in [0, 0.1) is 0 Å². The molecule has 1 heterocycles. The first-order valence-corrected chi connectivity index (χ1v) is 8.34. The third-order valence-corrected chi connectivity index (χ3v) is 3.99. The highest BCUT2D eigenvalue weighted by molar-refractivity contribution is 9.11. The van der Waals surface area contributed by atoms with E-state index in [1.807, 2.05) is 12.1 Å². The van der Waals surface area contributed by atoms with E-state index in [1.54, 1.807) is 0 Å². The monoisotopic (exact) mass is 417 g/mol. The van der Waals surface area contributed by atoms with E-state index in [0.29, 0.717) is 18.3 Å². The van der Waals surface area contributed by atoms with Crippen molar-refractivity contribution in [3.63, 3.8) is 0 Å². The number of rotatable bonds is 7. The molecule has 0 unspecified atom stereocenters. The molecule has 0 aliphatic rings. The van der Waals surface area contributed by atoms with Gasteiger partial charge in [-0.1, -0.05) is 12.1 Å². The van der Waals surface area contributed by atoms with Crippen molar-refractivity contribution in [2.75, 3.05) is 6.54 Å². The van der Waals surface area contributed by atoms with Crippen molar-refractivity contribution >= 4 is 31.9 Å². The molecular weight excluding hydrogens is 402 g/mol. The van der Waals surface area contributed by atoms with Crippen LogP contribution in [0.15, 0.2) is 25.6 Å². The van der Waals surface area contributed by atoms with Gasteiger partial charge in [0.2, 0.25) is 11.7 Å². The molecule has 0 saturated carbocycles. The number of nitrogens with zero attached hydrogens (tertiary/aromatic N) is 2. The molecule has 5 nitrogen and oxygen atoms in total. The Bertz CT molecular complexity index is 579. The fourth-order valence-electron chi connectivity index (χ4n) is 1.86. The minimum atomic E-state index is 0.265. The zero-order valence-corrected chi connectivity index (χ0v) is 14.9. The Hall–Kier alpha value is -0.920. The van der Waals surface area contributed by atoms with Gasteiger partial charge in [0.15, 0.2) is 6.61 Å². The SMILES string of the molecule is CCCc1nc(COc2c(Br)cc(CCN)cc2Br)no1. The number of benzene rings is 1. The van der Waals surface area contributed by atoms with E-state index in [-0.39, 0.29) is 6.61 Å². The number of nitrogens with two attached hydrogens (primary N) is 1. The van der Waals surface area contributed by atoms with Crippen LogP contribution in [0.5, 0.6) is 5.75 Å². The molecule has 0 radical (unpaired) electrons. The molecule has 2 rings (SSSR count). The van der Waals surface area contributed by atoms with Crippen LogP contribution in [-0.2, 0) is 19.4 Å². The molecule has 0 saturated heterocycles. The second-order valence-electron chi connectivity index (χ2n) is 4.57. The van der Waals surface area contributed by atoms with Gasteiger partial charge < -0.3 is 15.0 Å². The predicted molar refractivity (Wildman–Crippen MR) is 87.2 cm³/mol. The van der Waals surface area contributed by atoms with E-state index >= 15 is 0 Å². The summed E-state index contributed by atoms with van der Waals surface area (Å²) in [6.45, 7) is 2.94. The molecule has 0 fully saturated rings. The molecule has 0 spiro atoms. The topological polar surface area (TPSA) is 74.2 Å². The summed E-state index contributed by atoms with van der Waals surface area (Å²) < 4.78 is 12.6. The van der Waals surface area contributed by atoms with E-state index in [9.17, 15) is 0 Å². The summed E-state index contributed by atoms with van der Waals surface area (Å²) in [5.74, 6) is 1.91. The van der Waals surface area contributed by atoms with E-state index in [4.69, 9.17) is 15.0 Å². The first-order chi connectivity index (χ1) is 10.1. The highest BCUT2D eigenvalue weighted by Crippen LogP contribution is 2.35. The number of ether oxygens (including phenoxy) is 1. The maximum Gasteiger partial charge on any atom is 0.226 e. The van der Waals surface area contributed by atoms with Crippen molar-refractivity contribution in [3.8, 4) is 5.75 Å². The molecule has 7 heteroatoms. The fourth-order valence-corrected chi connectivity index (χ4v) is 3.37. The molecule has 21 heavy (non-hydrogen) atoms. The molecule has 2 aromatic rings. The molecule has 0 aliphatic carbocycles. The maximum atomic E-state index is 5.77. The van der Waals surface area contributed by atoms with Gasteiger partial charge in [-0.3, -0.25) is 0 Å². The van der Waals surface area contributed by atoms with Gasteiger partial charge in [-0.05, 0) is 68.9 Å². The highest BCUT2D eigenvalue weighted by atomic mass is 79.9. The molecular formula is C14H17Br2N3O2. The molecule has 1 aromatic carbocycles. The molecule has 0 bridgehead atoms. The fraction of sp³-hybridized carbons (Fsp3) is 0.429. The summed E-state index contributed by atoms with van der Waals surface area (Å²) in [5, 5.41) is 3.90. The van der Waals surface area contributed by atoms with Gasteiger partial charge in [0.1, 0.15) is 5.75 Å². The van der Waals surface area contributed by atoms with Crippen molar-refractivity contribution in [2.45, 2.75) is 32.8 Å². The standard InChI is InChI=1S/C14H17Br2N3O2/c1-2-3-13-18-12(19-21-13)8-20-14-10(15)6-9(4-5-17)7-11(14)16/h6-7H,2-5,8,17H2,1H3.